The van der Waals surface area contributed by atoms with Gasteiger partial charge in [0.15, 0.2) is 5.96 Å². The highest BCUT2D eigenvalue weighted by molar-refractivity contribution is 7.89. The van der Waals surface area contributed by atoms with E-state index in [0.29, 0.717) is 43.7 Å². The fourth-order valence-corrected chi connectivity index (χ4v) is 6.42. The zero-order valence-corrected chi connectivity index (χ0v) is 21.3. The van der Waals surface area contributed by atoms with Crippen LogP contribution in [0.3, 0.4) is 0 Å². The van der Waals surface area contributed by atoms with Gasteiger partial charge in [0.1, 0.15) is 0 Å². The number of benzene rings is 2. The number of nitrogens with two attached hydrogens (primary N) is 1. The Bertz CT molecular complexity index is 1140. The molecule has 1 aliphatic carbocycles. The van der Waals surface area contributed by atoms with Crippen molar-refractivity contribution in [3.05, 3.63) is 41.4 Å². The summed E-state index contributed by atoms with van der Waals surface area (Å²) in [4.78, 5) is 15.1. The minimum Gasteiger partial charge on any atom is -0.370 e. The third-order valence-electron chi connectivity index (χ3n) is 6.74. The molecular formula is C23H31Cl2N5O3S. The molecule has 34 heavy (non-hydrogen) atoms. The fourth-order valence-electron chi connectivity index (χ4n) is 4.78. The van der Waals surface area contributed by atoms with E-state index in [2.05, 4.69) is 5.32 Å². The Kier molecular flexibility index (Phi) is 8.67. The Hall–Kier alpha value is -2.07. The molecular weight excluding hydrogens is 497 g/mol. The number of carbonyl (C=O) groups is 1. The van der Waals surface area contributed by atoms with E-state index in [1.165, 1.54) is 4.31 Å². The van der Waals surface area contributed by atoms with Gasteiger partial charge < -0.3 is 16.0 Å². The van der Waals surface area contributed by atoms with Gasteiger partial charge in [-0.3, -0.25) is 10.2 Å². The van der Waals surface area contributed by atoms with Crippen LogP contribution in [0.25, 0.3) is 10.8 Å². The van der Waals surface area contributed by atoms with Gasteiger partial charge in [-0.05, 0) is 66.6 Å². The first kappa shape index (κ1) is 26.5. The van der Waals surface area contributed by atoms with E-state index in [1.54, 1.807) is 24.3 Å². The highest BCUT2D eigenvalue weighted by atomic mass is 35.5. The lowest BCUT2D eigenvalue weighted by molar-refractivity contribution is -0.138. The van der Waals surface area contributed by atoms with Crippen molar-refractivity contribution in [3.63, 3.8) is 0 Å². The molecule has 2 aromatic carbocycles. The maximum atomic E-state index is 13.2. The summed E-state index contributed by atoms with van der Waals surface area (Å²) >= 11 is 6.02. The topological polar surface area (TPSA) is 120 Å². The number of hydrogen-bond donors (Lipinski definition) is 3. The summed E-state index contributed by atoms with van der Waals surface area (Å²) < 4.78 is 27.8. The molecule has 0 unspecified atom stereocenters. The van der Waals surface area contributed by atoms with Gasteiger partial charge in [-0.15, -0.1) is 12.4 Å². The zero-order valence-electron chi connectivity index (χ0n) is 18.9. The lowest BCUT2D eigenvalue weighted by atomic mass is 9.81. The molecule has 0 spiro atoms. The SMILES string of the molecule is Cl.N=C(N)NC[C@H]1CC[C@H](C(=O)N2CCN(S(=O)(=O)c3ccc4cc(Cl)ccc4c3)CC2)CC1. The third-order valence-corrected chi connectivity index (χ3v) is 8.87. The van der Waals surface area contributed by atoms with Gasteiger partial charge in [0.2, 0.25) is 15.9 Å². The molecule has 4 rings (SSSR count). The summed E-state index contributed by atoms with van der Waals surface area (Å²) in [5.74, 6) is 0.536. The van der Waals surface area contributed by atoms with Crippen LogP contribution < -0.4 is 11.1 Å². The highest BCUT2D eigenvalue weighted by Crippen LogP contribution is 2.30. The molecule has 0 aromatic heterocycles. The van der Waals surface area contributed by atoms with E-state index in [1.807, 2.05) is 17.0 Å². The Labute approximate surface area is 211 Å². The number of sulfonamides is 1. The molecule has 1 saturated heterocycles. The van der Waals surface area contributed by atoms with Crippen molar-refractivity contribution in [1.82, 2.24) is 14.5 Å². The van der Waals surface area contributed by atoms with Gasteiger partial charge >= 0.3 is 0 Å². The number of hydrogen-bond acceptors (Lipinski definition) is 4. The first-order valence-electron chi connectivity index (χ1n) is 11.3. The largest absolute Gasteiger partial charge is 0.370 e. The average Bonchev–Trinajstić information content (AvgIpc) is 2.82. The van der Waals surface area contributed by atoms with Crippen molar-refractivity contribution in [2.75, 3.05) is 32.7 Å². The standard InChI is InChI=1S/C23H30ClN5O3S.ClH/c24-20-7-5-19-14-21(8-6-18(19)13-20)33(31,32)29-11-9-28(10-12-29)22(30)17-3-1-16(2-4-17)15-27-23(25)26;/h5-8,13-14,16-17H,1-4,9-12,15H2,(H4,25,26,27);1H/t16-,17-;. The van der Waals surface area contributed by atoms with E-state index in [9.17, 15) is 13.2 Å². The summed E-state index contributed by atoms with van der Waals surface area (Å²) in [5, 5.41) is 12.5. The van der Waals surface area contributed by atoms with Gasteiger partial charge in [0.05, 0.1) is 4.90 Å². The van der Waals surface area contributed by atoms with Crippen LogP contribution in [0.2, 0.25) is 5.02 Å². The van der Waals surface area contributed by atoms with E-state index in [4.69, 9.17) is 22.7 Å². The molecule has 11 heteroatoms. The number of amides is 1. The lowest BCUT2D eigenvalue weighted by Crippen LogP contribution is -2.52. The van der Waals surface area contributed by atoms with E-state index >= 15 is 0 Å². The Morgan fingerprint density at radius 2 is 1.65 bits per heavy atom. The van der Waals surface area contributed by atoms with Crippen molar-refractivity contribution in [1.29, 1.82) is 5.41 Å². The summed E-state index contributed by atoms with van der Waals surface area (Å²) in [5.41, 5.74) is 5.35. The first-order valence-corrected chi connectivity index (χ1v) is 13.1. The third kappa shape index (κ3) is 5.94. The predicted octanol–water partition coefficient (Wildman–Crippen LogP) is 3.04. The summed E-state index contributed by atoms with van der Waals surface area (Å²) in [6.45, 7) is 2.09. The van der Waals surface area contributed by atoms with Crippen LogP contribution in [0.15, 0.2) is 41.3 Å². The summed E-state index contributed by atoms with van der Waals surface area (Å²) in [6.07, 6.45) is 3.50. The van der Waals surface area contributed by atoms with Crippen molar-refractivity contribution in [2.45, 2.75) is 30.6 Å². The van der Waals surface area contributed by atoms with Crippen molar-refractivity contribution in [2.24, 2.45) is 17.6 Å². The average molecular weight is 529 g/mol. The van der Waals surface area contributed by atoms with Crippen LogP contribution in [0.5, 0.6) is 0 Å². The Morgan fingerprint density at radius 1 is 1.03 bits per heavy atom. The smallest absolute Gasteiger partial charge is 0.243 e. The molecule has 8 nitrogen and oxygen atoms in total. The highest BCUT2D eigenvalue weighted by Gasteiger charge is 2.34. The van der Waals surface area contributed by atoms with E-state index < -0.39 is 10.0 Å². The van der Waals surface area contributed by atoms with Gasteiger partial charge in [-0.1, -0.05) is 23.7 Å². The number of guanidine groups is 1. The van der Waals surface area contributed by atoms with Gasteiger partial charge in [0, 0.05) is 43.7 Å². The van der Waals surface area contributed by atoms with Crippen LogP contribution in [0.4, 0.5) is 0 Å². The second-order valence-electron chi connectivity index (χ2n) is 8.89. The lowest BCUT2D eigenvalue weighted by Gasteiger charge is -2.37. The number of carbonyl (C=O) groups excluding carboxylic acids is 1. The first-order chi connectivity index (χ1) is 15.7. The van der Waals surface area contributed by atoms with Crippen molar-refractivity contribution in [3.8, 4) is 0 Å². The summed E-state index contributed by atoms with van der Waals surface area (Å²) in [6, 6.07) is 10.4. The van der Waals surface area contributed by atoms with Gasteiger partial charge in [-0.2, -0.15) is 4.31 Å². The molecule has 186 valence electrons. The van der Waals surface area contributed by atoms with E-state index in [0.717, 1.165) is 36.5 Å². The molecule has 2 aromatic rings. The normalized spacial score (nSPS) is 21.6. The number of nitrogens with zero attached hydrogens (tertiary/aromatic N) is 2. The van der Waals surface area contributed by atoms with Crippen molar-refractivity contribution >= 4 is 56.7 Å². The number of rotatable bonds is 5. The fraction of sp³-hybridized carbons (Fsp3) is 0.478. The minimum absolute atomic E-state index is 0. The van der Waals surface area contributed by atoms with Gasteiger partial charge in [0.25, 0.3) is 0 Å². The monoisotopic (exact) mass is 527 g/mol. The molecule has 1 aliphatic heterocycles. The molecule has 0 bridgehead atoms. The Morgan fingerprint density at radius 3 is 2.29 bits per heavy atom. The molecule has 1 heterocycles. The molecule has 0 radical (unpaired) electrons. The zero-order chi connectivity index (χ0) is 23.6. The van der Waals surface area contributed by atoms with Crippen LogP contribution in [0, 0.1) is 17.2 Å². The Balaban J connectivity index is 0.00000324. The summed E-state index contributed by atoms with van der Waals surface area (Å²) in [7, 11) is -3.63. The number of fused-ring (bicyclic) bond motifs is 1. The van der Waals surface area contributed by atoms with Gasteiger partial charge in [-0.25, -0.2) is 8.42 Å². The maximum Gasteiger partial charge on any atom is 0.243 e. The second kappa shape index (κ2) is 11.1. The number of nitrogens with one attached hydrogen (secondary N) is 2. The molecule has 2 aliphatic rings. The van der Waals surface area contributed by atoms with Crippen LogP contribution in [-0.2, 0) is 14.8 Å². The molecule has 4 N–H and O–H groups in total. The van der Waals surface area contributed by atoms with Crippen LogP contribution >= 0.6 is 24.0 Å². The molecule has 0 atom stereocenters. The molecule has 1 amide bonds. The van der Waals surface area contributed by atoms with Crippen LogP contribution in [0.1, 0.15) is 25.7 Å². The predicted molar refractivity (Wildman–Crippen MR) is 137 cm³/mol. The molecule has 2 fully saturated rings. The minimum atomic E-state index is -3.63. The van der Waals surface area contributed by atoms with E-state index in [-0.39, 0.29) is 35.1 Å². The quantitative estimate of drug-likeness (QED) is 0.407. The second-order valence-corrected chi connectivity index (χ2v) is 11.3. The number of halogens is 2. The van der Waals surface area contributed by atoms with Crippen LogP contribution in [-0.4, -0.2) is 62.2 Å². The van der Waals surface area contributed by atoms with Crippen molar-refractivity contribution < 1.29 is 13.2 Å². The number of piperazine rings is 1. The molecule has 1 saturated carbocycles. The maximum absolute atomic E-state index is 13.2.